The Bertz CT molecular complexity index is 813. The molecule has 0 saturated heterocycles. The molecule has 0 unspecified atom stereocenters. The summed E-state index contributed by atoms with van der Waals surface area (Å²) in [5.41, 5.74) is 4.93. The van der Waals surface area contributed by atoms with E-state index in [-0.39, 0.29) is 0 Å². The molecule has 4 heteroatoms. The van der Waals surface area contributed by atoms with Crippen molar-refractivity contribution in [2.75, 3.05) is 13.1 Å². The van der Waals surface area contributed by atoms with Gasteiger partial charge in [-0.25, -0.2) is 0 Å². The van der Waals surface area contributed by atoms with Gasteiger partial charge in [-0.1, -0.05) is 23.9 Å². The van der Waals surface area contributed by atoms with E-state index >= 15 is 0 Å². The average molecular weight is 296 g/mol. The molecule has 0 bridgehead atoms. The molecular formula is C17H16N2OS. The number of aryl methyl sites for hydroxylation is 1. The highest BCUT2D eigenvalue weighted by atomic mass is 32.2. The summed E-state index contributed by atoms with van der Waals surface area (Å²) in [7, 11) is 0. The summed E-state index contributed by atoms with van der Waals surface area (Å²) < 4.78 is 5.69. The first-order valence-electron chi connectivity index (χ1n) is 7.54. The van der Waals surface area contributed by atoms with Gasteiger partial charge >= 0.3 is 0 Å². The molecular weight excluding hydrogens is 280 g/mol. The lowest BCUT2D eigenvalue weighted by Gasteiger charge is -2.18. The Balaban J connectivity index is 1.76. The van der Waals surface area contributed by atoms with Crippen LogP contribution in [-0.2, 0) is 0 Å². The van der Waals surface area contributed by atoms with Crippen molar-refractivity contribution < 1.29 is 4.42 Å². The lowest BCUT2D eigenvalue weighted by Crippen LogP contribution is -2.20. The van der Waals surface area contributed by atoms with Gasteiger partial charge in [0.25, 0.3) is 0 Å². The van der Waals surface area contributed by atoms with Crippen LogP contribution in [0.3, 0.4) is 0 Å². The van der Waals surface area contributed by atoms with Gasteiger partial charge in [-0.2, -0.15) is 0 Å². The number of aliphatic imine (C=N–C) groups is 1. The van der Waals surface area contributed by atoms with Crippen LogP contribution in [0.25, 0.3) is 16.7 Å². The first-order chi connectivity index (χ1) is 10.3. The fraction of sp³-hybridized carbons (Fsp3) is 0.353. The smallest absolute Gasteiger partial charge is 0.168 e. The third kappa shape index (κ3) is 1.65. The quantitative estimate of drug-likeness (QED) is 0.830. The highest BCUT2D eigenvalue weighted by molar-refractivity contribution is 8.17. The number of nitrogens with zero attached hydrogens (tertiary/aromatic N) is 2. The van der Waals surface area contributed by atoms with Crippen LogP contribution in [-0.4, -0.2) is 23.2 Å². The van der Waals surface area contributed by atoms with E-state index in [0.717, 1.165) is 24.6 Å². The van der Waals surface area contributed by atoms with Gasteiger partial charge in [0, 0.05) is 22.4 Å². The molecule has 1 aromatic heterocycles. The molecule has 21 heavy (non-hydrogen) atoms. The largest absolute Gasteiger partial charge is 0.464 e. The zero-order chi connectivity index (χ0) is 14.0. The van der Waals surface area contributed by atoms with Crippen molar-refractivity contribution in [3.63, 3.8) is 0 Å². The third-order valence-corrected chi connectivity index (χ3v) is 5.80. The zero-order valence-corrected chi connectivity index (χ0v) is 12.7. The molecule has 3 heterocycles. The maximum atomic E-state index is 5.69. The maximum absolute atomic E-state index is 5.69. The topological polar surface area (TPSA) is 28.7 Å². The number of allylic oxidation sites excluding steroid dienone is 1. The molecule has 3 nitrogen and oxygen atoms in total. The molecule has 1 aliphatic carbocycles. The van der Waals surface area contributed by atoms with Gasteiger partial charge in [-0.15, -0.1) is 0 Å². The van der Waals surface area contributed by atoms with Gasteiger partial charge in [-0.3, -0.25) is 4.99 Å². The molecule has 0 spiro atoms. The van der Waals surface area contributed by atoms with E-state index in [1.165, 1.54) is 45.1 Å². The predicted molar refractivity (Wildman–Crippen MR) is 87.2 cm³/mol. The second-order valence-electron chi connectivity index (χ2n) is 6.00. The van der Waals surface area contributed by atoms with E-state index < -0.39 is 0 Å². The van der Waals surface area contributed by atoms with Crippen LogP contribution in [0.1, 0.15) is 24.0 Å². The van der Waals surface area contributed by atoms with Crippen molar-refractivity contribution in [3.05, 3.63) is 40.5 Å². The van der Waals surface area contributed by atoms with Crippen molar-refractivity contribution in [1.29, 1.82) is 0 Å². The SMILES string of the molecule is Cc1ccc(C2=C(C3CC3)SC3=NCCN32)c2ccoc12. The monoisotopic (exact) mass is 296 g/mol. The summed E-state index contributed by atoms with van der Waals surface area (Å²) in [4.78, 5) is 8.60. The van der Waals surface area contributed by atoms with Gasteiger partial charge in [0.1, 0.15) is 5.58 Å². The first-order valence-corrected chi connectivity index (χ1v) is 8.36. The minimum Gasteiger partial charge on any atom is -0.464 e. The van der Waals surface area contributed by atoms with Crippen LogP contribution in [0.15, 0.2) is 38.8 Å². The van der Waals surface area contributed by atoms with E-state index in [0.29, 0.717) is 0 Å². The van der Waals surface area contributed by atoms with Gasteiger partial charge in [0.05, 0.1) is 18.5 Å². The highest BCUT2D eigenvalue weighted by Crippen LogP contribution is 2.53. The summed E-state index contributed by atoms with van der Waals surface area (Å²) in [6, 6.07) is 6.53. The molecule has 0 atom stereocenters. The molecule has 3 aliphatic rings. The van der Waals surface area contributed by atoms with E-state index in [2.05, 4.69) is 35.0 Å². The molecule has 0 radical (unpaired) electrons. The van der Waals surface area contributed by atoms with Crippen molar-refractivity contribution in [2.45, 2.75) is 19.8 Å². The number of rotatable bonds is 2. The Morgan fingerprint density at radius 3 is 3.05 bits per heavy atom. The molecule has 5 rings (SSSR count). The van der Waals surface area contributed by atoms with Gasteiger partial charge < -0.3 is 9.32 Å². The number of thioether (sulfide) groups is 1. The number of amidine groups is 1. The van der Waals surface area contributed by atoms with E-state index in [1.54, 1.807) is 6.26 Å². The molecule has 1 aromatic carbocycles. The summed E-state index contributed by atoms with van der Waals surface area (Å²) in [6.07, 6.45) is 4.46. The molecule has 106 valence electrons. The predicted octanol–water partition coefficient (Wildman–Crippen LogP) is 4.24. The third-order valence-electron chi connectivity index (χ3n) is 4.52. The minimum absolute atomic E-state index is 0.751. The number of benzene rings is 1. The average Bonchev–Trinajstić information content (AvgIpc) is 2.90. The normalized spacial score (nSPS) is 21.4. The van der Waals surface area contributed by atoms with Crippen LogP contribution < -0.4 is 0 Å². The Hall–Kier alpha value is -1.68. The van der Waals surface area contributed by atoms with Gasteiger partial charge in [0.15, 0.2) is 5.17 Å². The Morgan fingerprint density at radius 1 is 1.29 bits per heavy atom. The fourth-order valence-corrected chi connectivity index (χ4v) is 4.67. The van der Waals surface area contributed by atoms with Crippen LogP contribution in [0.2, 0.25) is 0 Å². The van der Waals surface area contributed by atoms with Crippen LogP contribution >= 0.6 is 11.8 Å². The second-order valence-corrected chi connectivity index (χ2v) is 7.01. The molecule has 1 fully saturated rings. The van der Waals surface area contributed by atoms with E-state index in [1.807, 2.05) is 11.8 Å². The van der Waals surface area contributed by atoms with Crippen LogP contribution in [0, 0.1) is 12.8 Å². The fourth-order valence-electron chi connectivity index (χ4n) is 3.31. The first kappa shape index (κ1) is 11.9. The molecule has 0 amide bonds. The van der Waals surface area contributed by atoms with Crippen molar-refractivity contribution in [3.8, 4) is 0 Å². The van der Waals surface area contributed by atoms with E-state index in [4.69, 9.17) is 4.42 Å². The van der Waals surface area contributed by atoms with Crippen LogP contribution in [0.4, 0.5) is 0 Å². The van der Waals surface area contributed by atoms with E-state index in [9.17, 15) is 0 Å². The second kappa shape index (κ2) is 4.17. The Kier molecular flexibility index (Phi) is 2.37. The number of furan rings is 1. The lowest BCUT2D eigenvalue weighted by molar-refractivity contribution is 0.613. The maximum Gasteiger partial charge on any atom is 0.168 e. The number of hydrogen-bond donors (Lipinski definition) is 0. The summed E-state index contributed by atoms with van der Waals surface area (Å²) in [5.74, 6) is 0.751. The Morgan fingerprint density at radius 2 is 2.19 bits per heavy atom. The summed E-state index contributed by atoms with van der Waals surface area (Å²) in [6.45, 7) is 4.04. The minimum atomic E-state index is 0.751. The summed E-state index contributed by atoms with van der Waals surface area (Å²) in [5, 5.41) is 2.43. The number of fused-ring (bicyclic) bond motifs is 2. The van der Waals surface area contributed by atoms with Gasteiger partial charge in [-0.05, 0) is 37.3 Å². The number of hydrogen-bond acceptors (Lipinski definition) is 4. The molecule has 0 N–H and O–H groups in total. The van der Waals surface area contributed by atoms with Crippen LogP contribution in [0.5, 0.6) is 0 Å². The molecule has 2 aromatic rings. The lowest BCUT2D eigenvalue weighted by atomic mass is 10.0. The van der Waals surface area contributed by atoms with Gasteiger partial charge in [0.2, 0.25) is 0 Å². The van der Waals surface area contributed by atoms with Crippen molar-refractivity contribution in [1.82, 2.24) is 4.90 Å². The van der Waals surface area contributed by atoms with Crippen molar-refractivity contribution >= 4 is 33.6 Å². The highest BCUT2D eigenvalue weighted by Gasteiger charge is 2.40. The standard InChI is InChI=1S/C17H16N2OS/c1-10-2-5-12(13-6-9-20-15(10)13)14-16(11-3-4-11)21-17-18-7-8-19(14)17/h2,5-6,9,11H,3-4,7-8H2,1H3. The molecule has 2 aliphatic heterocycles. The Labute approximate surface area is 127 Å². The molecule has 1 saturated carbocycles. The zero-order valence-electron chi connectivity index (χ0n) is 11.9. The summed E-state index contributed by atoms with van der Waals surface area (Å²) >= 11 is 1.90. The van der Waals surface area contributed by atoms with Crippen molar-refractivity contribution in [2.24, 2.45) is 10.9 Å².